The van der Waals surface area contributed by atoms with Crippen LogP contribution in [0.2, 0.25) is 0 Å². The Hall–Kier alpha value is -3.10. The average Bonchev–Trinajstić information content (AvgIpc) is 3.17. The number of nitrogens with zero attached hydrogens (tertiary/aromatic N) is 2. The third-order valence-corrected chi connectivity index (χ3v) is 6.40. The van der Waals surface area contributed by atoms with E-state index in [-0.39, 0.29) is 17.6 Å². The number of amides is 2. The first-order valence-corrected chi connectivity index (χ1v) is 11.3. The first kappa shape index (κ1) is 22.1. The summed E-state index contributed by atoms with van der Waals surface area (Å²) in [6.45, 7) is 4.23. The van der Waals surface area contributed by atoms with Crippen molar-refractivity contribution >= 4 is 28.8 Å². The van der Waals surface area contributed by atoms with Crippen molar-refractivity contribution in [2.75, 3.05) is 31.6 Å². The fourth-order valence-corrected chi connectivity index (χ4v) is 4.50. The first-order valence-electron chi connectivity index (χ1n) is 10.4. The highest BCUT2D eigenvalue weighted by Crippen LogP contribution is 2.23. The lowest BCUT2D eigenvalue weighted by Crippen LogP contribution is -2.41. The second-order valence-electron chi connectivity index (χ2n) is 7.65. The molecule has 0 bridgehead atoms. The van der Waals surface area contributed by atoms with E-state index in [9.17, 15) is 14.0 Å². The van der Waals surface area contributed by atoms with Crippen LogP contribution >= 0.6 is 11.3 Å². The number of ether oxygens (including phenoxy) is 1. The summed E-state index contributed by atoms with van der Waals surface area (Å²) in [6.07, 6.45) is 0.875. The molecule has 166 valence electrons. The number of morpholine rings is 1. The fraction of sp³-hybridized carbons (Fsp3) is 0.292. The maximum absolute atomic E-state index is 13.1. The quantitative estimate of drug-likeness (QED) is 0.616. The van der Waals surface area contributed by atoms with Crippen molar-refractivity contribution < 1.29 is 18.7 Å². The van der Waals surface area contributed by atoms with Gasteiger partial charge in [-0.05, 0) is 42.3 Å². The monoisotopic (exact) mass is 453 g/mol. The molecule has 1 N–H and O–H groups in total. The predicted octanol–water partition coefficient (Wildman–Crippen LogP) is 3.84. The van der Waals surface area contributed by atoms with Crippen LogP contribution in [0, 0.1) is 12.7 Å². The van der Waals surface area contributed by atoms with Gasteiger partial charge in [-0.1, -0.05) is 24.3 Å². The number of aryl methyl sites for hydroxylation is 1. The highest BCUT2D eigenvalue weighted by Gasteiger charge is 2.18. The highest BCUT2D eigenvalue weighted by atomic mass is 32.1. The molecular formula is C24H24FN3O3S. The van der Waals surface area contributed by atoms with Gasteiger partial charge in [-0.25, -0.2) is 9.37 Å². The molecule has 0 spiro atoms. The molecule has 8 heteroatoms. The number of halogens is 1. The van der Waals surface area contributed by atoms with Crippen LogP contribution in [0.3, 0.4) is 0 Å². The molecule has 2 aromatic carbocycles. The van der Waals surface area contributed by atoms with E-state index < -0.39 is 0 Å². The van der Waals surface area contributed by atoms with Gasteiger partial charge in [0.25, 0.3) is 5.91 Å². The summed E-state index contributed by atoms with van der Waals surface area (Å²) in [6, 6.07) is 13.6. The topological polar surface area (TPSA) is 71.5 Å². The van der Waals surface area contributed by atoms with Gasteiger partial charge in [0.2, 0.25) is 5.91 Å². The van der Waals surface area contributed by atoms with Gasteiger partial charge in [-0.2, -0.15) is 0 Å². The molecule has 1 fully saturated rings. The lowest BCUT2D eigenvalue weighted by atomic mass is 10.1. The molecule has 0 atom stereocenters. The van der Waals surface area contributed by atoms with Gasteiger partial charge < -0.3 is 15.0 Å². The number of benzene rings is 2. The van der Waals surface area contributed by atoms with E-state index in [1.54, 1.807) is 31.2 Å². The largest absolute Gasteiger partial charge is 0.378 e. The molecule has 3 aromatic rings. The van der Waals surface area contributed by atoms with Gasteiger partial charge in [0.1, 0.15) is 10.7 Å². The maximum atomic E-state index is 13.1. The van der Waals surface area contributed by atoms with E-state index >= 15 is 0 Å². The number of hydrogen-bond donors (Lipinski definition) is 1. The van der Waals surface area contributed by atoms with Crippen molar-refractivity contribution in [3.05, 3.63) is 81.1 Å². The van der Waals surface area contributed by atoms with Gasteiger partial charge in [0.05, 0.1) is 30.3 Å². The fourth-order valence-electron chi connectivity index (χ4n) is 3.51. The summed E-state index contributed by atoms with van der Waals surface area (Å²) in [4.78, 5) is 32.0. The number of anilines is 1. The Bertz CT molecular complexity index is 1090. The normalized spacial score (nSPS) is 13.8. The van der Waals surface area contributed by atoms with Crippen LogP contribution in [0.25, 0.3) is 0 Å². The summed E-state index contributed by atoms with van der Waals surface area (Å²) in [7, 11) is 0. The van der Waals surface area contributed by atoms with Crippen LogP contribution in [0.15, 0.2) is 48.5 Å². The van der Waals surface area contributed by atoms with E-state index in [0.29, 0.717) is 55.4 Å². The Kier molecular flexibility index (Phi) is 6.92. The van der Waals surface area contributed by atoms with E-state index in [4.69, 9.17) is 4.74 Å². The van der Waals surface area contributed by atoms with Crippen LogP contribution in [-0.4, -0.2) is 48.0 Å². The number of nitrogens with one attached hydrogen (secondary N) is 1. The van der Waals surface area contributed by atoms with Crippen molar-refractivity contribution in [2.45, 2.75) is 19.8 Å². The SMILES string of the molecule is Cc1nc(Cc2ccc(F)cc2)sc1C(=O)Nc1ccc(CC(=O)N2CCOCC2)cc1. The molecule has 2 amide bonds. The molecule has 0 saturated carbocycles. The van der Waals surface area contributed by atoms with Crippen LogP contribution in [0.5, 0.6) is 0 Å². The molecule has 32 heavy (non-hydrogen) atoms. The minimum Gasteiger partial charge on any atom is -0.378 e. The molecule has 1 saturated heterocycles. The zero-order chi connectivity index (χ0) is 22.5. The summed E-state index contributed by atoms with van der Waals surface area (Å²) in [5.74, 6) is -0.415. The van der Waals surface area contributed by atoms with E-state index in [1.165, 1.54) is 23.5 Å². The Balaban J connectivity index is 1.35. The lowest BCUT2D eigenvalue weighted by molar-refractivity contribution is -0.134. The van der Waals surface area contributed by atoms with E-state index in [2.05, 4.69) is 10.3 Å². The molecule has 0 aliphatic carbocycles. The maximum Gasteiger partial charge on any atom is 0.267 e. The zero-order valence-electron chi connectivity index (χ0n) is 17.8. The average molecular weight is 454 g/mol. The van der Waals surface area contributed by atoms with Gasteiger partial charge in [-0.15, -0.1) is 11.3 Å². The minimum atomic E-state index is -0.277. The molecule has 4 rings (SSSR count). The third-order valence-electron chi connectivity index (χ3n) is 5.25. The Morgan fingerprint density at radius 2 is 1.72 bits per heavy atom. The highest BCUT2D eigenvalue weighted by molar-refractivity contribution is 7.14. The van der Waals surface area contributed by atoms with Crippen molar-refractivity contribution in [3.63, 3.8) is 0 Å². The summed E-state index contributed by atoms with van der Waals surface area (Å²) >= 11 is 1.34. The second kappa shape index (κ2) is 10.0. The second-order valence-corrected chi connectivity index (χ2v) is 8.73. The van der Waals surface area contributed by atoms with Gasteiger partial charge in [-0.3, -0.25) is 9.59 Å². The number of aromatic nitrogens is 1. The summed E-state index contributed by atoms with van der Waals surface area (Å²) < 4.78 is 18.4. The molecule has 1 aliphatic heterocycles. The third kappa shape index (κ3) is 5.57. The van der Waals surface area contributed by atoms with Gasteiger partial charge >= 0.3 is 0 Å². The zero-order valence-corrected chi connectivity index (χ0v) is 18.6. The lowest BCUT2D eigenvalue weighted by Gasteiger charge is -2.26. The number of rotatable bonds is 6. The first-order chi connectivity index (χ1) is 15.5. The van der Waals surface area contributed by atoms with Crippen molar-refractivity contribution in [2.24, 2.45) is 0 Å². The molecule has 1 aromatic heterocycles. The van der Waals surface area contributed by atoms with Crippen LogP contribution in [0.1, 0.15) is 31.5 Å². The Labute approximate surface area is 190 Å². The van der Waals surface area contributed by atoms with E-state index in [1.807, 2.05) is 17.0 Å². The molecule has 0 radical (unpaired) electrons. The minimum absolute atomic E-state index is 0.0825. The van der Waals surface area contributed by atoms with Crippen molar-refractivity contribution in [1.82, 2.24) is 9.88 Å². The van der Waals surface area contributed by atoms with Gasteiger partial charge in [0, 0.05) is 25.2 Å². The van der Waals surface area contributed by atoms with Gasteiger partial charge in [0.15, 0.2) is 0 Å². The number of carbonyl (C=O) groups is 2. The van der Waals surface area contributed by atoms with Crippen molar-refractivity contribution in [1.29, 1.82) is 0 Å². The predicted molar refractivity (Wildman–Crippen MR) is 122 cm³/mol. The molecular weight excluding hydrogens is 429 g/mol. The number of carbonyl (C=O) groups excluding carboxylic acids is 2. The van der Waals surface area contributed by atoms with E-state index in [0.717, 1.165) is 16.1 Å². The number of thiazole rings is 1. The Morgan fingerprint density at radius 3 is 2.41 bits per heavy atom. The standard InChI is InChI=1S/C24H24FN3O3S/c1-16-23(32-21(26-16)14-17-2-6-19(25)7-3-17)24(30)27-20-8-4-18(5-9-20)15-22(29)28-10-12-31-13-11-28/h2-9H,10-15H2,1H3,(H,27,30). The van der Waals surface area contributed by atoms with Crippen LogP contribution in [-0.2, 0) is 22.4 Å². The molecule has 1 aliphatic rings. The van der Waals surface area contributed by atoms with Crippen molar-refractivity contribution in [3.8, 4) is 0 Å². The number of hydrogen-bond acceptors (Lipinski definition) is 5. The molecule has 0 unspecified atom stereocenters. The van der Waals surface area contributed by atoms with Crippen LogP contribution in [0.4, 0.5) is 10.1 Å². The molecule has 6 nitrogen and oxygen atoms in total. The molecule has 2 heterocycles. The van der Waals surface area contributed by atoms with Crippen LogP contribution < -0.4 is 5.32 Å². The summed E-state index contributed by atoms with van der Waals surface area (Å²) in [5, 5.41) is 3.70. The smallest absolute Gasteiger partial charge is 0.267 e. The Morgan fingerprint density at radius 1 is 1.06 bits per heavy atom. The summed E-state index contributed by atoms with van der Waals surface area (Å²) in [5.41, 5.74) is 3.16.